The van der Waals surface area contributed by atoms with Crippen LogP contribution in [0.2, 0.25) is 10.0 Å². The van der Waals surface area contributed by atoms with Gasteiger partial charge in [0, 0.05) is 38.3 Å². The Morgan fingerprint density at radius 3 is 2.00 bits per heavy atom. The quantitative estimate of drug-likeness (QED) is 0.0838. The lowest BCUT2D eigenvalue weighted by Gasteiger charge is -2.14. The zero-order valence-electron chi connectivity index (χ0n) is 22.7. The van der Waals surface area contributed by atoms with Crippen LogP contribution < -0.4 is 10.6 Å². The maximum Gasteiger partial charge on any atom is 0.272 e. The van der Waals surface area contributed by atoms with Gasteiger partial charge in [0.2, 0.25) is 0 Å². The first kappa shape index (κ1) is 30.1. The number of imide groups is 1. The Morgan fingerprint density at radius 1 is 0.767 bits per heavy atom. The van der Waals surface area contributed by atoms with Gasteiger partial charge in [-0.25, -0.2) is 0 Å². The number of benzene rings is 4. The molecule has 216 valence electrons. The number of nitrogens with one attached hydrogen (secondary N) is 2. The van der Waals surface area contributed by atoms with E-state index in [0.29, 0.717) is 56.7 Å². The largest absolute Gasteiger partial charge is 0.321 e. The Labute approximate surface area is 262 Å². The van der Waals surface area contributed by atoms with Crippen LogP contribution in [0.1, 0.15) is 43.1 Å². The molecule has 10 heteroatoms. The molecule has 1 heterocycles. The summed E-state index contributed by atoms with van der Waals surface area (Å²) in [5, 5.41) is 6.14. The highest BCUT2D eigenvalue weighted by atomic mass is 35.5. The smallest absolute Gasteiger partial charge is 0.272 e. The molecule has 0 saturated carbocycles. The van der Waals surface area contributed by atoms with Crippen LogP contribution in [0.15, 0.2) is 108 Å². The predicted octanol–water partition coefficient (Wildman–Crippen LogP) is 7.18. The molecule has 43 heavy (non-hydrogen) atoms. The second-order valence-corrected chi connectivity index (χ2v) is 11.5. The van der Waals surface area contributed by atoms with E-state index >= 15 is 0 Å². The van der Waals surface area contributed by atoms with Gasteiger partial charge in [-0.1, -0.05) is 59.6 Å². The van der Waals surface area contributed by atoms with Crippen molar-refractivity contribution in [3.63, 3.8) is 0 Å². The molecule has 0 unspecified atom stereocenters. The van der Waals surface area contributed by atoms with Gasteiger partial charge in [-0.15, -0.1) is 11.8 Å². The van der Waals surface area contributed by atoms with Crippen LogP contribution >= 0.6 is 35.0 Å². The second-order valence-electron chi connectivity index (χ2n) is 9.50. The first-order chi connectivity index (χ1) is 20.8. The molecular formula is C33H25Cl2N3O4S. The Hall–Kier alpha value is -4.37. The minimum absolute atomic E-state index is 0.0320. The predicted molar refractivity (Wildman–Crippen MR) is 171 cm³/mol. The lowest BCUT2D eigenvalue weighted by atomic mass is 10.1. The molecule has 0 aromatic heterocycles. The summed E-state index contributed by atoms with van der Waals surface area (Å²) >= 11 is 14.2. The van der Waals surface area contributed by atoms with Crippen molar-refractivity contribution < 1.29 is 19.2 Å². The lowest BCUT2D eigenvalue weighted by Crippen LogP contribution is -2.31. The number of hydrogen-bond acceptors (Lipinski definition) is 5. The maximum absolute atomic E-state index is 13.3. The molecule has 7 nitrogen and oxygen atoms in total. The van der Waals surface area contributed by atoms with Crippen LogP contribution in [0, 0.1) is 0 Å². The number of carbonyl (C=O) groups is 4. The van der Waals surface area contributed by atoms with Crippen molar-refractivity contribution in [3.05, 3.63) is 135 Å². The number of thioether (sulfide) groups is 1. The fraction of sp³-hybridized carbons (Fsp3) is 0.0909. The van der Waals surface area contributed by atoms with E-state index in [1.807, 2.05) is 12.1 Å². The van der Waals surface area contributed by atoms with Crippen molar-refractivity contribution in [1.29, 1.82) is 0 Å². The number of halogens is 2. The van der Waals surface area contributed by atoms with E-state index in [1.54, 1.807) is 96.7 Å². The third-order valence-electron chi connectivity index (χ3n) is 6.60. The molecule has 5 rings (SSSR count). The molecule has 0 radical (unpaired) electrons. The Balaban J connectivity index is 1.20. The zero-order valence-corrected chi connectivity index (χ0v) is 25.0. The molecule has 4 aromatic carbocycles. The van der Waals surface area contributed by atoms with Crippen LogP contribution in [0.5, 0.6) is 0 Å². The minimum atomic E-state index is -0.554. The highest BCUT2D eigenvalue weighted by molar-refractivity contribution is 7.99. The van der Waals surface area contributed by atoms with Gasteiger partial charge in [0.05, 0.1) is 11.1 Å². The number of carbonyl (C=O) groups excluding carboxylic acids is 4. The summed E-state index contributed by atoms with van der Waals surface area (Å²) in [6.07, 6.45) is 2.08. The minimum Gasteiger partial charge on any atom is -0.321 e. The van der Waals surface area contributed by atoms with Gasteiger partial charge >= 0.3 is 0 Å². The van der Waals surface area contributed by atoms with Crippen molar-refractivity contribution in [2.45, 2.75) is 11.3 Å². The topological polar surface area (TPSA) is 95.6 Å². The first-order valence-corrected chi connectivity index (χ1v) is 15.1. The van der Waals surface area contributed by atoms with Crippen LogP contribution in [0.4, 0.5) is 5.69 Å². The Kier molecular flexibility index (Phi) is 9.61. The third kappa shape index (κ3) is 7.17. The molecule has 0 atom stereocenters. The molecule has 0 spiro atoms. The summed E-state index contributed by atoms with van der Waals surface area (Å²) < 4.78 is 0. The number of rotatable bonds is 10. The first-order valence-electron chi connectivity index (χ1n) is 13.3. The number of fused-ring (bicyclic) bond motifs is 1. The van der Waals surface area contributed by atoms with Crippen molar-refractivity contribution >= 4 is 70.4 Å². The molecular weight excluding hydrogens is 605 g/mol. The summed E-state index contributed by atoms with van der Waals surface area (Å²) in [6.45, 7) is 0.340. The average Bonchev–Trinajstić information content (AvgIpc) is 3.26. The third-order valence-corrected chi connectivity index (χ3v) is 8.36. The van der Waals surface area contributed by atoms with Crippen LogP contribution in [-0.2, 0) is 4.79 Å². The number of amides is 4. The van der Waals surface area contributed by atoms with Gasteiger partial charge in [0.25, 0.3) is 23.6 Å². The molecule has 2 N–H and O–H groups in total. The van der Waals surface area contributed by atoms with E-state index in [2.05, 4.69) is 10.6 Å². The molecule has 1 aliphatic heterocycles. The Bertz CT molecular complexity index is 1670. The monoisotopic (exact) mass is 629 g/mol. The van der Waals surface area contributed by atoms with Gasteiger partial charge in [-0.05, 0) is 78.9 Å². The lowest BCUT2D eigenvalue weighted by molar-refractivity contribution is -0.113. The molecule has 4 aromatic rings. The summed E-state index contributed by atoms with van der Waals surface area (Å²) in [4.78, 5) is 53.5. The highest BCUT2D eigenvalue weighted by Gasteiger charge is 2.34. The molecule has 0 saturated heterocycles. The molecule has 0 fully saturated rings. The SMILES string of the molecule is O=C(Nc1ccc(SCCCN2C(=O)c3ccccc3C2=O)cc1)/C(=C/c1c(Cl)cccc1Cl)NC(=O)c1ccccc1. The second kappa shape index (κ2) is 13.7. The van der Waals surface area contributed by atoms with Crippen molar-refractivity contribution in [1.82, 2.24) is 10.2 Å². The average molecular weight is 631 g/mol. The normalized spacial score (nSPS) is 12.7. The van der Waals surface area contributed by atoms with Crippen LogP contribution in [-0.4, -0.2) is 40.8 Å². The van der Waals surface area contributed by atoms with Gasteiger partial charge in [0.15, 0.2) is 0 Å². The van der Waals surface area contributed by atoms with Gasteiger partial charge in [0.1, 0.15) is 5.70 Å². The van der Waals surface area contributed by atoms with E-state index in [0.717, 1.165) is 4.90 Å². The van der Waals surface area contributed by atoms with E-state index < -0.39 is 11.8 Å². The highest BCUT2D eigenvalue weighted by Crippen LogP contribution is 2.28. The fourth-order valence-corrected chi connectivity index (χ4v) is 5.77. The summed E-state index contributed by atoms with van der Waals surface area (Å²) in [5.74, 6) is -0.831. The summed E-state index contributed by atoms with van der Waals surface area (Å²) in [7, 11) is 0. The fourth-order valence-electron chi connectivity index (χ4n) is 4.42. The van der Waals surface area contributed by atoms with Gasteiger partial charge < -0.3 is 10.6 Å². The number of nitrogens with zero attached hydrogens (tertiary/aromatic N) is 1. The van der Waals surface area contributed by atoms with E-state index in [-0.39, 0.29) is 17.5 Å². The summed E-state index contributed by atoms with van der Waals surface area (Å²) in [6, 6.07) is 27.6. The molecule has 0 bridgehead atoms. The van der Waals surface area contributed by atoms with Crippen molar-refractivity contribution in [3.8, 4) is 0 Å². The van der Waals surface area contributed by atoms with Gasteiger partial charge in [-0.2, -0.15) is 0 Å². The van der Waals surface area contributed by atoms with E-state index in [4.69, 9.17) is 23.2 Å². The van der Waals surface area contributed by atoms with Crippen LogP contribution in [0.3, 0.4) is 0 Å². The summed E-state index contributed by atoms with van der Waals surface area (Å²) in [5.41, 5.74) is 2.17. The van der Waals surface area contributed by atoms with E-state index in [9.17, 15) is 19.2 Å². The van der Waals surface area contributed by atoms with Gasteiger partial charge in [-0.3, -0.25) is 24.1 Å². The standard InChI is InChI=1S/C33H25Cl2N3O4S/c34-27-12-6-13-28(35)26(27)20-29(37-30(39)21-8-2-1-3-9-21)31(40)36-22-14-16-23(17-15-22)43-19-7-18-38-32(41)24-10-4-5-11-25(24)33(38)42/h1-6,8-17,20H,7,18-19H2,(H,36,40)(H,37,39)/b29-20-. The number of anilines is 1. The van der Waals surface area contributed by atoms with Crippen molar-refractivity contribution in [2.24, 2.45) is 0 Å². The molecule has 0 aliphatic carbocycles. The molecule has 1 aliphatic rings. The van der Waals surface area contributed by atoms with E-state index in [1.165, 1.54) is 11.0 Å². The zero-order chi connectivity index (χ0) is 30.3. The van der Waals surface area contributed by atoms with Crippen molar-refractivity contribution in [2.75, 3.05) is 17.6 Å². The maximum atomic E-state index is 13.3. The molecule has 4 amide bonds. The Morgan fingerprint density at radius 2 is 1.37 bits per heavy atom. The number of hydrogen-bond donors (Lipinski definition) is 2. The van der Waals surface area contributed by atoms with Crippen LogP contribution in [0.25, 0.3) is 6.08 Å².